The van der Waals surface area contributed by atoms with E-state index in [1.807, 2.05) is 24.3 Å². The second-order valence-electron chi connectivity index (χ2n) is 5.37. The Morgan fingerprint density at radius 2 is 2.04 bits per heavy atom. The highest BCUT2D eigenvalue weighted by molar-refractivity contribution is 9.10. The third-order valence-corrected chi connectivity index (χ3v) is 4.08. The van der Waals surface area contributed by atoms with E-state index in [9.17, 15) is 4.79 Å². The number of nitrogens with zero attached hydrogens (tertiary/aromatic N) is 3. The largest absolute Gasteiger partial charge is 0.340 e. The summed E-state index contributed by atoms with van der Waals surface area (Å²) in [5.74, 6) is 1.09. The highest BCUT2D eigenvalue weighted by atomic mass is 79.9. The lowest BCUT2D eigenvalue weighted by atomic mass is 10.2. The van der Waals surface area contributed by atoms with Crippen LogP contribution in [0.4, 0.5) is 11.5 Å². The highest BCUT2D eigenvalue weighted by Gasteiger charge is 2.15. The van der Waals surface area contributed by atoms with Crippen molar-refractivity contribution in [3.05, 3.63) is 46.3 Å². The number of hydrogen-bond acceptors (Lipinski definition) is 4. The molecule has 1 amide bonds. The van der Waals surface area contributed by atoms with Gasteiger partial charge in [0.1, 0.15) is 17.3 Å². The number of aromatic nitrogens is 2. The Balaban J connectivity index is 2.22. The molecule has 1 N–H and O–H groups in total. The van der Waals surface area contributed by atoms with Crippen LogP contribution in [-0.2, 0) is 0 Å². The van der Waals surface area contributed by atoms with Gasteiger partial charge in [-0.05, 0) is 41.4 Å². The monoisotopic (exact) mass is 376 g/mol. The molecule has 1 heterocycles. The van der Waals surface area contributed by atoms with Crippen molar-refractivity contribution in [3.8, 4) is 0 Å². The van der Waals surface area contributed by atoms with Crippen molar-refractivity contribution in [1.29, 1.82) is 0 Å². The summed E-state index contributed by atoms with van der Waals surface area (Å²) >= 11 is 3.49. The summed E-state index contributed by atoms with van der Waals surface area (Å²) in [6.07, 6.45) is 2.03. The van der Waals surface area contributed by atoms with Gasteiger partial charge in [-0.3, -0.25) is 4.79 Å². The van der Waals surface area contributed by atoms with Crippen LogP contribution in [-0.4, -0.2) is 34.4 Å². The van der Waals surface area contributed by atoms with Crippen molar-refractivity contribution in [3.63, 3.8) is 0 Å². The summed E-state index contributed by atoms with van der Waals surface area (Å²) in [7, 11) is 1.80. The van der Waals surface area contributed by atoms with E-state index in [0.29, 0.717) is 17.3 Å². The number of para-hydroxylation sites is 1. The average molecular weight is 377 g/mol. The van der Waals surface area contributed by atoms with Gasteiger partial charge >= 0.3 is 0 Å². The van der Waals surface area contributed by atoms with Crippen LogP contribution in [0, 0.1) is 6.92 Å². The predicted octanol–water partition coefficient (Wildman–Crippen LogP) is 4.16. The quantitative estimate of drug-likeness (QED) is 0.821. The predicted molar refractivity (Wildman–Crippen MR) is 96.1 cm³/mol. The van der Waals surface area contributed by atoms with Crippen molar-refractivity contribution < 1.29 is 4.79 Å². The zero-order chi connectivity index (χ0) is 16.8. The zero-order valence-electron chi connectivity index (χ0n) is 13.6. The summed E-state index contributed by atoms with van der Waals surface area (Å²) in [6.45, 7) is 4.62. The molecule has 2 rings (SSSR count). The molecule has 0 atom stereocenters. The first-order valence-corrected chi connectivity index (χ1v) is 8.43. The van der Waals surface area contributed by atoms with Crippen molar-refractivity contribution in [2.75, 3.05) is 18.9 Å². The molecule has 1 aromatic heterocycles. The number of nitrogens with one attached hydrogen (secondary N) is 1. The first-order chi connectivity index (χ1) is 11.0. The smallest absolute Gasteiger partial charge is 0.272 e. The number of carbonyl (C=O) groups excluding carboxylic acids is 1. The fraction of sp³-hybridized carbons (Fsp3) is 0.353. The lowest BCUT2D eigenvalue weighted by Gasteiger charge is -2.17. The van der Waals surface area contributed by atoms with Gasteiger partial charge in [-0.25, -0.2) is 9.97 Å². The third-order valence-electron chi connectivity index (χ3n) is 3.39. The SMILES string of the molecule is CCCCN(C)C(=O)c1cc(Nc2ccccc2Br)nc(C)n1. The number of amides is 1. The first-order valence-electron chi connectivity index (χ1n) is 7.64. The number of halogens is 1. The Bertz CT molecular complexity index is 690. The van der Waals surface area contributed by atoms with E-state index >= 15 is 0 Å². The summed E-state index contributed by atoms with van der Waals surface area (Å²) in [6, 6.07) is 9.46. The normalized spacial score (nSPS) is 10.4. The summed E-state index contributed by atoms with van der Waals surface area (Å²) in [4.78, 5) is 22.8. The number of anilines is 2. The van der Waals surface area contributed by atoms with E-state index in [1.54, 1.807) is 24.9 Å². The molecule has 0 aliphatic rings. The van der Waals surface area contributed by atoms with Gasteiger partial charge in [0, 0.05) is 24.1 Å². The van der Waals surface area contributed by atoms with E-state index in [0.717, 1.165) is 29.5 Å². The molecular formula is C17H21BrN4O. The zero-order valence-corrected chi connectivity index (χ0v) is 15.2. The minimum absolute atomic E-state index is 0.0841. The minimum Gasteiger partial charge on any atom is -0.340 e. The second kappa shape index (κ2) is 8.06. The molecule has 23 heavy (non-hydrogen) atoms. The molecule has 0 unspecified atom stereocenters. The molecule has 2 aromatic rings. The van der Waals surface area contributed by atoms with Gasteiger partial charge in [-0.2, -0.15) is 0 Å². The van der Waals surface area contributed by atoms with Crippen molar-refractivity contribution in [1.82, 2.24) is 14.9 Å². The van der Waals surface area contributed by atoms with Crippen LogP contribution >= 0.6 is 15.9 Å². The van der Waals surface area contributed by atoms with Crippen molar-refractivity contribution >= 4 is 33.3 Å². The molecule has 0 spiro atoms. The van der Waals surface area contributed by atoms with Crippen LogP contribution in [0.5, 0.6) is 0 Å². The van der Waals surface area contributed by atoms with E-state index in [1.165, 1.54) is 0 Å². The van der Waals surface area contributed by atoms with Crippen molar-refractivity contribution in [2.45, 2.75) is 26.7 Å². The van der Waals surface area contributed by atoms with Crippen LogP contribution in [0.1, 0.15) is 36.1 Å². The van der Waals surface area contributed by atoms with Crippen molar-refractivity contribution in [2.24, 2.45) is 0 Å². The standard InChI is InChI=1S/C17H21BrN4O/c1-4-5-10-22(3)17(23)15-11-16(20-12(2)19-15)21-14-9-7-6-8-13(14)18/h6-9,11H,4-5,10H2,1-3H3,(H,19,20,21). The number of hydrogen-bond donors (Lipinski definition) is 1. The molecule has 0 radical (unpaired) electrons. The Kier molecular flexibility index (Phi) is 6.10. The minimum atomic E-state index is -0.0841. The lowest BCUT2D eigenvalue weighted by molar-refractivity contribution is 0.0787. The molecule has 0 saturated heterocycles. The molecule has 122 valence electrons. The Morgan fingerprint density at radius 1 is 1.30 bits per heavy atom. The van der Waals surface area contributed by atoms with Crippen LogP contribution < -0.4 is 5.32 Å². The molecule has 0 aliphatic carbocycles. The van der Waals surface area contributed by atoms with Gasteiger partial charge in [-0.1, -0.05) is 25.5 Å². The Labute approximate surface area is 145 Å². The molecule has 0 fully saturated rings. The Morgan fingerprint density at radius 3 is 2.74 bits per heavy atom. The number of unbranched alkanes of at least 4 members (excludes halogenated alkanes) is 1. The average Bonchev–Trinajstić information content (AvgIpc) is 2.53. The number of carbonyl (C=O) groups is 1. The van der Waals surface area contributed by atoms with E-state index in [-0.39, 0.29) is 5.91 Å². The maximum Gasteiger partial charge on any atom is 0.272 e. The first kappa shape index (κ1) is 17.4. The summed E-state index contributed by atoms with van der Waals surface area (Å²) in [5, 5.41) is 3.22. The molecule has 1 aromatic carbocycles. The fourth-order valence-corrected chi connectivity index (χ4v) is 2.52. The van der Waals surface area contributed by atoms with E-state index in [4.69, 9.17) is 0 Å². The van der Waals surface area contributed by atoms with Gasteiger partial charge in [-0.15, -0.1) is 0 Å². The lowest BCUT2D eigenvalue weighted by Crippen LogP contribution is -2.28. The van der Waals surface area contributed by atoms with Gasteiger partial charge < -0.3 is 10.2 Å². The van der Waals surface area contributed by atoms with Gasteiger partial charge in [0.2, 0.25) is 0 Å². The molecule has 5 nitrogen and oxygen atoms in total. The van der Waals surface area contributed by atoms with Crippen LogP contribution in [0.3, 0.4) is 0 Å². The highest BCUT2D eigenvalue weighted by Crippen LogP contribution is 2.24. The van der Waals surface area contributed by atoms with Crippen LogP contribution in [0.2, 0.25) is 0 Å². The second-order valence-corrected chi connectivity index (χ2v) is 6.23. The maximum absolute atomic E-state index is 12.5. The fourth-order valence-electron chi connectivity index (χ4n) is 2.13. The maximum atomic E-state index is 12.5. The van der Waals surface area contributed by atoms with Gasteiger partial charge in [0.15, 0.2) is 0 Å². The van der Waals surface area contributed by atoms with Crippen LogP contribution in [0.15, 0.2) is 34.8 Å². The van der Waals surface area contributed by atoms with E-state index in [2.05, 4.69) is 38.1 Å². The molecule has 6 heteroatoms. The number of aryl methyl sites for hydroxylation is 1. The van der Waals surface area contributed by atoms with Crippen LogP contribution in [0.25, 0.3) is 0 Å². The summed E-state index contributed by atoms with van der Waals surface area (Å²) < 4.78 is 0.934. The van der Waals surface area contributed by atoms with Gasteiger partial charge in [0.05, 0.1) is 5.69 Å². The van der Waals surface area contributed by atoms with Gasteiger partial charge in [0.25, 0.3) is 5.91 Å². The third kappa shape index (κ3) is 4.76. The molecular weight excluding hydrogens is 356 g/mol. The molecule has 0 bridgehead atoms. The number of benzene rings is 1. The number of rotatable bonds is 6. The van der Waals surface area contributed by atoms with E-state index < -0.39 is 0 Å². The molecule has 0 aliphatic heterocycles. The molecule has 0 saturated carbocycles. The summed E-state index contributed by atoms with van der Waals surface area (Å²) in [5.41, 5.74) is 1.30. The Hall–Kier alpha value is -1.95. The topological polar surface area (TPSA) is 58.1 Å².